The third-order valence-electron chi connectivity index (χ3n) is 3.12. The Morgan fingerprint density at radius 3 is 2.89 bits per heavy atom. The van der Waals surface area contributed by atoms with Gasteiger partial charge in [0, 0.05) is 6.04 Å². The van der Waals surface area contributed by atoms with Crippen molar-refractivity contribution in [3.63, 3.8) is 0 Å². The van der Waals surface area contributed by atoms with Gasteiger partial charge in [0.05, 0.1) is 6.26 Å². The lowest BCUT2D eigenvalue weighted by molar-refractivity contribution is -0.117. The first-order valence-corrected chi connectivity index (χ1v) is 6.42. The van der Waals surface area contributed by atoms with Gasteiger partial charge in [-0.3, -0.25) is 4.79 Å². The highest BCUT2D eigenvalue weighted by molar-refractivity contribution is 5.97. The smallest absolute Gasteiger partial charge is 0.262 e. The molecule has 0 unspecified atom stereocenters. The minimum Gasteiger partial charge on any atom is -0.465 e. The van der Waals surface area contributed by atoms with Crippen molar-refractivity contribution in [2.24, 2.45) is 0 Å². The summed E-state index contributed by atoms with van der Waals surface area (Å²) in [5, 5.41) is 11.9. The van der Waals surface area contributed by atoms with Crippen LogP contribution in [0.4, 0.5) is 0 Å². The molecule has 0 bridgehead atoms. The Bertz CT molecular complexity index is 515. The van der Waals surface area contributed by atoms with Crippen LogP contribution in [-0.4, -0.2) is 11.9 Å². The molecular weight excluding hydrogens is 240 g/mol. The van der Waals surface area contributed by atoms with E-state index in [1.54, 1.807) is 30.5 Å². The van der Waals surface area contributed by atoms with Crippen LogP contribution < -0.4 is 5.32 Å². The minimum absolute atomic E-state index is 0.120. The lowest BCUT2D eigenvalue weighted by Gasteiger charge is -2.10. The lowest BCUT2D eigenvalue weighted by atomic mass is 10.2. The average Bonchev–Trinajstić information content (AvgIpc) is 3.07. The molecule has 4 heteroatoms. The van der Waals surface area contributed by atoms with E-state index in [-0.39, 0.29) is 17.5 Å². The number of furan rings is 1. The minimum atomic E-state index is -0.293. The van der Waals surface area contributed by atoms with E-state index in [1.807, 2.05) is 6.07 Å². The van der Waals surface area contributed by atoms with Crippen molar-refractivity contribution >= 4 is 12.0 Å². The Hall–Kier alpha value is -2.28. The molecule has 0 aliphatic heterocycles. The van der Waals surface area contributed by atoms with E-state index in [0.717, 1.165) is 25.7 Å². The summed E-state index contributed by atoms with van der Waals surface area (Å²) in [6.07, 6.45) is 10.7. The monoisotopic (exact) mass is 256 g/mol. The molecule has 98 valence electrons. The van der Waals surface area contributed by atoms with Gasteiger partial charge in [0.1, 0.15) is 17.4 Å². The van der Waals surface area contributed by atoms with Crippen LogP contribution in [0.2, 0.25) is 0 Å². The van der Waals surface area contributed by atoms with Crippen LogP contribution in [0.3, 0.4) is 0 Å². The van der Waals surface area contributed by atoms with E-state index in [4.69, 9.17) is 9.68 Å². The predicted molar refractivity (Wildman–Crippen MR) is 71.8 cm³/mol. The summed E-state index contributed by atoms with van der Waals surface area (Å²) >= 11 is 0. The first-order chi connectivity index (χ1) is 9.29. The van der Waals surface area contributed by atoms with Crippen molar-refractivity contribution in [1.29, 1.82) is 5.26 Å². The van der Waals surface area contributed by atoms with Gasteiger partial charge in [0.25, 0.3) is 5.91 Å². The fraction of sp³-hybridized carbons (Fsp3) is 0.333. The molecule has 0 aromatic carbocycles. The van der Waals surface area contributed by atoms with Crippen LogP contribution in [0.15, 0.2) is 40.5 Å². The van der Waals surface area contributed by atoms with Crippen molar-refractivity contribution in [1.82, 2.24) is 5.32 Å². The van der Waals surface area contributed by atoms with Crippen LogP contribution in [0.25, 0.3) is 6.08 Å². The van der Waals surface area contributed by atoms with E-state index in [1.165, 1.54) is 6.08 Å². The molecule has 1 N–H and O–H groups in total. The highest BCUT2D eigenvalue weighted by Crippen LogP contribution is 2.17. The summed E-state index contributed by atoms with van der Waals surface area (Å²) in [6, 6.07) is 5.72. The molecular formula is C15H16N2O2. The molecule has 1 aliphatic rings. The van der Waals surface area contributed by atoms with E-state index in [9.17, 15) is 4.79 Å². The van der Waals surface area contributed by atoms with Gasteiger partial charge in [-0.15, -0.1) is 0 Å². The lowest BCUT2D eigenvalue weighted by Crippen LogP contribution is -2.33. The third kappa shape index (κ3) is 3.85. The molecule has 0 saturated heterocycles. The second-order valence-electron chi connectivity index (χ2n) is 4.52. The van der Waals surface area contributed by atoms with Gasteiger partial charge < -0.3 is 9.73 Å². The topological polar surface area (TPSA) is 66.0 Å². The number of carbonyl (C=O) groups is 1. The summed E-state index contributed by atoms with van der Waals surface area (Å²) in [5.74, 6) is 0.392. The molecule has 19 heavy (non-hydrogen) atoms. The molecule has 1 aliphatic carbocycles. The van der Waals surface area contributed by atoms with E-state index in [2.05, 4.69) is 5.32 Å². The molecule has 2 rings (SSSR count). The van der Waals surface area contributed by atoms with Gasteiger partial charge >= 0.3 is 0 Å². The molecule has 1 saturated carbocycles. The summed E-state index contributed by atoms with van der Waals surface area (Å²) in [4.78, 5) is 11.9. The maximum absolute atomic E-state index is 11.9. The van der Waals surface area contributed by atoms with Gasteiger partial charge in [-0.1, -0.05) is 18.9 Å². The zero-order valence-corrected chi connectivity index (χ0v) is 10.6. The number of nitrogens with one attached hydrogen (secondary N) is 1. The van der Waals surface area contributed by atoms with Crippen LogP contribution in [0, 0.1) is 11.3 Å². The van der Waals surface area contributed by atoms with Gasteiger partial charge in [0.15, 0.2) is 0 Å². The number of carbonyl (C=O) groups excluding carboxylic acids is 1. The van der Waals surface area contributed by atoms with Crippen LogP contribution in [-0.2, 0) is 4.79 Å². The second kappa shape index (κ2) is 6.60. The number of hydrogen-bond donors (Lipinski definition) is 1. The van der Waals surface area contributed by atoms with Crippen LogP contribution >= 0.6 is 0 Å². The van der Waals surface area contributed by atoms with Gasteiger partial charge in [0.2, 0.25) is 0 Å². The van der Waals surface area contributed by atoms with Gasteiger partial charge in [-0.05, 0) is 37.1 Å². The molecule has 1 amide bonds. The largest absolute Gasteiger partial charge is 0.465 e. The molecule has 1 aromatic rings. The zero-order chi connectivity index (χ0) is 13.5. The Morgan fingerprint density at radius 2 is 2.26 bits per heavy atom. The van der Waals surface area contributed by atoms with Gasteiger partial charge in [-0.25, -0.2) is 0 Å². The number of amides is 1. The number of nitriles is 1. The Morgan fingerprint density at radius 1 is 1.47 bits per heavy atom. The summed E-state index contributed by atoms with van der Waals surface area (Å²) in [5.41, 5.74) is 0.120. The Balaban J connectivity index is 1.94. The molecule has 1 heterocycles. The van der Waals surface area contributed by atoms with Crippen LogP contribution in [0.1, 0.15) is 31.4 Å². The molecule has 1 aromatic heterocycles. The Labute approximate surface area is 112 Å². The standard InChI is InChI=1S/C15H16N2O2/c16-11-12(5-3-8-14-9-4-10-19-14)15(18)17-13-6-1-2-7-13/h3-5,8-10,13H,1-2,6-7H2,(H,17,18)/b8-3+,12-5-. The average molecular weight is 256 g/mol. The van der Waals surface area contributed by atoms with Crippen molar-refractivity contribution in [2.75, 3.05) is 0 Å². The van der Waals surface area contributed by atoms with Crippen molar-refractivity contribution in [2.45, 2.75) is 31.7 Å². The molecule has 0 atom stereocenters. The third-order valence-corrected chi connectivity index (χ3v) is 3.12. The normalized spacial score (nSPS) is 16.7. The highest BCUT2D eigenvalue weighted by atomic mass is 16.3. The first kappa shape index (κ1) is 13.2. The highest BCUT2D eigenvalue weighted by Gasteiger charge is 2.18. The molecule has 4 nitrogen and oxygen atoms in total. The quantitative estimate of drug-likeness (QED) is 0.511. The van der Waals surface area contributed by atoms with E-state index >= 15 is 0 Å². The van der Waals surface area contributed by atoms with Crippen LogP contribution in [0.5, 0.6) is 0 Å². The summed E-state index contributed by atoms with van der Waals surface area (Å²) in [6.45, 7) is 0. The van der Waals surface area contributed by atoms with E-state index in [0.29, 0.717) is 5.76 Å². The predicted octanol–water partition coefficient (Wildman–Crippen LogP) is 2.80. The number of hydrogen-bond acceptors (Lipinski definition) is 3. The fourth-order valence-electron chi connectivity index (χ4n) is 2.12. The summed E-state index contributed by atoms with van der Waals surface area (Å²) in [7, 11) is 0. The van der Waals surface area contributed by atoms with Crippen molar-refractivity contribution < 1.29 is 9.21 Å². The second-order valence-corrected chi connectivity index (χ2v) is 4.52. The SMILES string of the molecule is N#C/C(=C/C=C/c1ccco1)C(=O)NC1CCCC1. The number of allylic oxidation sites excluding steroid dienone is 2. The molecule has 1 fully saturated rings. The first-order valence-electron chi connectivity index (χ1n) is 6.42. The number of nitrogens with zero attached hydrogens (tertiary/aromatic N) is 1. The van der Waals surface area contributed by atoms with Gasteiger partial charge in [-0.2, -0.15) is 5.26 Å². The van der Waals surface area contributed by atoms with Crippen molar-refractivity contribution in [3.8, 4) is 6.07 Å². The van der Waals surface area contributed by atoms with E-state index < -0.39 is 0 Å². The van der Waals surface area contributed by atoms with Crippen molar-refractivity contribution in [3.05, 3.63) is 41.9 Å². The maximum Gasteiger partial charge on any atom is 0.262 e. The number of rotatable bonds is 4. The molecule has 0 radical (unpaired) electrons. The maximum atomic E-state index is 11.9. The Kier molecular flexibility index (Phi) is 4.57. The molecule has 0 spiro atoms. The fourth-order valence-corrected chi connectivity index (χ4v) is 2.12. The summed E-state index contributed by atoms with van der Waals surface area (Å²) < 4.78 is 5.12. The zero-order valence-electron chi connectivity index (χ0n) is 10.6.